The van der Waals surface area contributed by atoms with Gasteiger partial charge in [-0.3, -0.25) is 0 Å². The van der Waals surface area contributed by atoms with Gasteiger partial charge in [-0.25, -0.2) is 0 Å². The van der Waals surface area contributed by atoms with Crippen molar-refractivity contribution in [1.82, 2.24) is 4.90 Å². The van der Waals surface area contributed by atoms with Crippen molar-refractivity contribution in [1.29, 1.82) is 0 Å². The van der Waals surface area contributed by atoms with E-state index in [0.717, 1.165) is 18.6 Å². The molecule has 0 spiro atoms. The minimum atomic E-state index is -0.344. The van der Waals surface area contributed by atoms with Crippen molar-refractivity contribution in [2.24, 2.45) is 0 Å². The summed E-state index contributed by atoms with van der Waals surface area (Å²) in [6.07, 6.45) is 7.84. The minimum Gasteiger partial charge on any atom is -0.469 e. The van der Waals surface area contributed by atoms with Crippen molar-refractivity contribution in [3.63, 3.8) is 0 Å². The fourth-order valence-electron chi connectivity index (χ4n) is 3.05. The molecule has 3 heteroatoms. The molecule has 0 aromatic carbocycles. The van der Waals surface area contributed by atoms with Crippen LogP contribution >= 0.6 is 0 Å². The van der Waals surface area contributed by atoms with Crippen LogP contribution in [0.5, 0.6) is 0 Å². The molecule has 0 amide bonds. The van der Waals surface area contributed by atoms with E-state index in [-0.39, 0.29) is 11.6 Å². The van der Waals surface area contributed by atoms with Gasteiger partial charge < -0.3 is 14.4 Å². The summed E-state index contributed by atoms with van der Waals surface area (Å²) in [6, 6.07) is 3.82. The molecular weight excluding hydrogens is 214 g/mol. The van der Waals surface area contributed by atoms with E-state index in [9.17, 15) is 5.11 Å². The van der Waals surface area contributed by atoms with Gasteiger partial charge >= 0.3 is 0 Å². The monoisotopic (exact) mass is 237 g/mol. The SMILES string of the molecule is CN(C)C1(C(O)Cc2ccco2)CCCCC1. The Bertz CT molecular complexity index is 326. The standard InChI is InChI=1S/C14H23NO2/c1-15(2)14(8-4-3-5-9-14)13(16)11-12-7-6-10-17-12/h6-7,10,13,16H,3-5,8-9,11H2,1-2H3. The third-order valence-electron chi connectivity index (χ3n) is 4.20. The average Bonchev–Trinajstić information content (AvgIpc) is 2.82. The molecule has 3 nitrogen and oxygen atoms in total. The predicted molar refractivity (Wildman–Crippen MR) is 67.9 cm³/mol. The molecule has 1 saturated carbocycles. The number of furan rings is 1. The molecule has 1 aromatic heterocycles. The maximum absolute atomic E-state index is 10.6. The lowest BCUT2D eigenvalue weighted by Gasteiger charge is -2.46. The molecule has 0 saturated heterocycles. The molecule has 1 heterocycles. The number of hydrogen-bond acceptors (Lipinski definition) is 3. The molecule has 1 fully saturated rings. The molecule has 1 atom stereocenters. The van der Waals surface area contributed by atoms with Gasteiger partial charge in [0, 0.05) is 12.0 Å². The second-order valence-electron chi connectivity index (χ2n) is 5.36. The van der Waals surface area contributed by atoms with Crippen LogP contribution in [0.1, 0.15) is 37.9 Å². The topological polar surface area (TPSA) is 36.6 Å². The van der Waals surface area contributed by atoms with Crippen LogP contribution in [0.15, 0.2) is 22.8 Å². The molecule has 96 valence electrons. The van der Waals surface area contributed by atoms with Crippen LogP contribution in [0.25, 0.3) is 0 Å². The molecule has 0 bridgehead atoms. The fraction of sp³-hybridized carbons (Fsp3) is 0.714. The van der Waals surface area contributed by atoms with Crippen LogP contribution in [0, 0.1) is 0 Å². The van der Waals surface area contributed by atoms with Crippen LogP contribution in [0.3, 0.4) is 0 Å². The number of rotatable bonds is 4. The third kappa shape index (κ3) is 2.55. The summed E-state index contributed by atoms with van der Waals surface area (Å²) in [5.74, 6) is 0.879. The van der Waals surface area contributed by atoms with Crippen molar-refractivity contribution < 1.29 is 9.52 Å². The van der Waals surface area contributed by atoms with Gasteiger partial charge in [0.2, 0.25) is 0 Å². The van der Waals surface area contributed by atoms with Crippen LogP contribution in [-0.2, 0) is 6.42 Å². The summed E-state index contributed by atoms with van der Waals surface area (Å²) >= 11 is 0. The fourth-order valence-corrected chi connectivity index (χ4v) is 3.05. The lowest BCUT2D eigenvalue weighted by Crippen LogP contribution is -2.55. The van der Waals surface area contributed by atoms with E-state index in [2.05, 4.69) is 19.0 Å². The summed E-state index contributed by atoms with van der Waals surface area (Å²) in [6.45, 7) is 0. The van der Waals surface area contributed by atoms with Gasteiger partial charge in [-0.1, -0.05) is 19.3 Å². The van der Waals surface area contributed by atoms with Crippen LogP contribution in [0.2, 0.25) is 0 Å². The average molecular weight is 237 g/mol. The first-order valence-corrected chi connectivity index (χ1v) is 6.53. The smallest absolute Gasteiger partial charge is 0.106 e. The normalized spacial score (nSPS) is 21.6. The highest BCUT2D eigenvalue weighted by Crippen LogP contribution is 2.36. The summed E-state index contributed by atoms with van der Waals surface area (Å²) in [7, 11) is 4.16. The first-order chi connectivity index (χ1) is 8.15. The zero-order valence-electron chi connectivity index (χ0n) is 10.9. The van der Waals surface area contributed by atoms with Gasteiger partial charge in [-0.15, -0.1) is 0 Å². The maximum Gasteiger partial charge on any atom is 0.106 e. The Kier molecular flexibility index (Phi) is 3.89. The number of likely N-dealkylation sites (N-methyl/N-ethyl adjacent to an activating group) is 1. The quantitative estimate of drug-likeness (QED) is 0.874. The minimum absolute atomic E-state index is 0.0644. The largest absolute Gasteiger partial charge is 0.469 e. The van der Waals surface area contributed by atoms with Crippen molar-refractivity contribution in [3.8, 4) is 0 Å². The second kappa shape index (κ2) is 5.23. The Morgan fingerprint density at radius 1 is 1.35 bits per heavy atom. The zero-order valence-corrected chi connectivity index (χ0v) is 10.9. The molecule has 1 aliphatic carbocycles. The second-order valence-corrected chi connectivity index (χ2v) is 5.36. The predicted octanol–water partition coefficient (Wildman–Crippen LogP) is 2.45. The summed E-state index contributed by atoms with van der Waals surface area (Å²) in [5, 5.41) is 10.6. The van der Waals surface area contributed by atoms with Crippen molar-refractivity contribution in [3.05, 3.63) is 24.2 Å². The van der Waals surface area contributed by atoms with Crippen LogP contribution in [0.4, 0.5) is 0 Å². The number of nitrogens with zero attached hydrogens (tertiary/aromatic N) is 1. The molecule has 1 aromatic rings. The molecule has 1 aliphatic rings. The van der Waals surface area contributed by atoms with E-state index in [1.807, 2.05) is 12.1 Å². The summed E-state index contributed by atoms with van der Waals surface area (Å²) in [4.78, 5) is 2.21. The molecule has 0 radical (unpaired) electrons. The van der Waals surface area contributed by atoms with E-state index in [1.54, 1.807) is 6.26 Å². The van der Waals surface area contributed by atoms with Crippen molar-refractivity contribution in [2.45, 2.75) is 50.2 Å². The molecular formula is C14H23NO2. The Balaban J connectivity index is 2.09. The number of aliphatic hydroxyl groups is 1. The highest BCUT2D eigenvalue weighted by atomic mass is 16.3. The van der Waals surface area contributed by atoms with E-state index in [1.165, 1.54) is 19.3 Å². The molecule has 1 unspecified atom stereocenters. The van der Waals surface area contributed by atoms with E-state index in [0.29, 0.717) is 6.42 Å². The maximum atomic E-state index is 10.6. The van der Waals surface area contributed by atoms with Crippen LogP contribution in [-0.4, -0.2) is 35.7 Å². The van der Waals surface area contributed by atoms with Crippen LogP contribution < -0.4 is 0 Å². The van der Waals surface area contributed by atoms with E-state index < -0.39 is 0 Å². The Morgan fingerprint density at radius 3 is 2.59 bits per heavy atom. The van der Waals surface area contributed by atoms with Crippen molar-refractivity contribution in [2.75, 3.05) is 14.1 Å². The Morgan fingerprint density at radius 2 is 2.06 bits per heavy atom. The van der Waals surface area contributed by atoms with Gasteiger partial charge in [0.25, 0.3) is 0 Å². The first kappa shape index (κ1) is 12.7. The van der Waals surface area contributed by atoms with Gasteiger partial charge in [0.05, 0.1) is 12.4 Å². The highest BCUT2D eigenvalue weighted by molar-refractivity contribution is 5.05. The molecule has 1 N–H and O–H groups in total. The lowest BCUT2D eigenvalue weighted by molar-refractivity contribution is -0.0331. The molecule has 17 heavy (non-hydrogen) atoms. The number of aliphatic hydroxyl groups excluding tert-OH is 1. The lowest BCUT2D eigenvalue weighted by atomic mass is 9.75. The highest BCUT2D eigenvalue weighted by Gasteiger charge is 2.41. The van der Waals surface area contributed by atoms with Gasteiger partial charge in [0.1, 0.15) is 5.76 Å². The number of hydrogen-bond donors (Lipinski definition) is 1. The molecule has 0 aliphatic heterocycles. The third-order valence-corrected chi connectivity index (χ3v) is 4.20. The summed E-state index contributed by atoms with van der Waals surface area (Å²) < 4.78 is 5.34. The first-order valence-electron chi connectivity index (χ1n) is 6.53. The Labute approximate surface area is 103 Å². The van der Waals surface area contributed by atoms with Gasteiger partial charge in [-0.2, -0.15) is 0 Å². The van der Waals surface area contributed by atoms with Gasteiger partial charge in [0.15, 0.2) is 0 Å². The van der Waals surface area contributed by atoms with Gasteiger partial charge in [-0.05, 0) is 39.1 Å². The molecule has 2 rings (SSSR count). The zero-order chi connectivity index (χ0) is 12.3. The Hall–Kier alpha value is -0.800. The van der Waals surface area contributed by atoms with E-state index >= 15 is 0 Å². The van der Waals surface area contributed by atoms with E-state index in [4.69, 9.17) is 4.42 Å². The summed E-state index contributed by atoms with van der Waals surface area (Å²) in [5.41, 5.74) is -0.0644. The van der Waals surface area contributed by atoms with Crippen molar-refractivity contribution >= 4 is 0 Å².